The van der Waals surface area contributed by atoms with Crippen molar-refractivity contribution in [2.45, 2.75) is 26.5 Å². The number of ether oxygens (including phenoxy) is 1. The Morgan fingerprint density at radius 3 is 2.46 bits per heavy atom. The van der Waals surface area contributed by atoms with E-state index in [-0.39, 0.29) is 18.2 Å². The molecule has 3 aromatic rings. The van der Waals surface area contributed by atoms with Crippen molar-refractivity contribution in [1.29, 1.82) is 0 Å². The Balaban J connectivity index is 2.19. The molecule has 0 atom stereocenters. The van der Waals surface area contributed by atoms with Gasteiger partial charge in [-0.15, -0.1) is 0 Å². The molecule has 1 aromatic heterocycles. The fraction of sp³-hybridized carbons (Fsp3) is 0.211. The molecule has 0 N–H and O–H groups in total. The van der Waals surface area contributed by atoms with Gasteiger partial charge in [0.15, 0.2) is 0 Å². The lowest BCUT2D eigenvalue weighted by Gasteiger charge is -2.14. The minimum Gasteiger partial charge on any atom is -0.462 e. The molecule has 0 bridgehead atoms. The van der Waals surface area contributed by atoms with E-state index in [9.17, 15) is 9.59 Å². The number of hydrogen-bond acceptors (Lipinski definition) is 4. The van der Waals surface area contributed by atoms with Crippen molar-refractivity contribution < 1.29 is 9.53 Å². The zero-order valence-corrected chi connectivity index (χ0v) is 13.6. The van der Waals surface area contributed by atoms with Crippen LogP contribution < -0.4 is 5.56 Å². The van der Waals surface area contributed by atoms with Gasteiger partial charge in [0.2, 0.25) is 0 Å². The van der Waals surface area contributed by atoms with E-state index in [0.717, 1.165) is 5.56 Å². The molecule has 0 aliphatic carbocycles. The number of nitrogens with zero attached hydrogens (tertiary/aromatic N) is 2. The van der Waals surface area contributed by atoms with Gasteiger partial charge in [0.05, 0.1) is 17.0 Å². The monoisotopic (exact) mass is 322 g/mol. The number of carbonyl (C=O) groups excluding carboxylic acids is 1. The number of esters is 1. The molecule has 0 unspecified atom stereocenters. The third kappa shape index (κ3) is 3.20. The van der Waals surface area contributed by atoms with E-state index in [4.69, 9.17) is 4.74 Å². The van der Waals surface area contributed by atoms with Crippen molar-refractivity contribution >= 4 is 16.9 Å². The lowest BCUT2D eigenvalue weighted by Crippen LogP contribution is -2.29. The van der Waals surface area contributed by atoms with Gasteiger partial charge in [-0.2, -0.15) is 0 Å². The van der Waals surface area contributed by atoms with E-state index in [1.807, 2.05) is 36.4 Å². The Hall–Kier alpha value is -2.95. The van der Waals surface area contributed by atoms with E-state index in [0.29, 0.717) is 16.7 Å². The van der Waals surface area contributed by atoms with Crippen molar-refractivity contribution in [2.75, 3.05) is 0 Å². The van der Waals surface area contributed by atoms with Crippen molar-refractivity contribution in [1.82, 2.24) is 9.55 Å². The maximum absolute atomic E-state index is 12.9. The first-order valence-electron chi connectivity index (χ1n) is 7.81. The van der Waals surface area contributed by atoms with E-state index in [1.54, 1.807) is 32.0 Å². The highest BCUT2D eigenvalue weighted by Gasteiger charge is 2.16. The summed E-state index contributed by atoms with van der Waals surface area (Å²) in [6, 6.07) is 16.5. The zero-order valence-electron chi connectivity index (χ0n) is 13.6. The van der Waals surface area contributed by atoms with Crippen LogP contribution in [0.1, 0.15) is 13.8 Å². The summed E-state index contributed by atoms with van der Waals surface area (Å²) in [5, 5.41) is 0.481. The number of carbonyl (C=O) groups is 1. The first-order chi connectivity index (χ1) is 11.6. The molecule has 122 valence electrons. The first kappa shape index (κ1) is 15.9. The highest BCUT2D eigenvalue weighted by molar-refractivity contribution is 5.80. The van der Waals surface area contributed by atoms with Crippen molar-refractivity contribution in [3.63, 3.8) is 0 Å². The molecule has 0 aliphatic rings. The second kappa shape index (κ2) is 6.66. The van der Waals surface area contributed by atoms with E-state index in [1.165, 1.54) is 4.57 Å². The maximum Gasteiger partial charge on any atom is 0.326 e. The Morgan fingerprint density at radius 2 is 1.75 bits per heavy atom. The first-order valence-corrected chi connectivity index (χ1v) is 7.81. The summed E-state index contributed by atoms with van der Waals surface area (Å²) in [6.07, 6.45) is -0.234. The summed E-state index contributed by atoms with van der Waals surface area (Å²) in [7, 11) is 0. The molecule has 0 saturated carbocycles. The van der Waals surface area contributed by atoms with E-state index in [2.05, 4.69) is 4.98 Å². The minimum atomic E-state index is -0.457. The predicted octanol–water partition coefficient (Wildman–Crippen LogP) is 3.02. The number of rotatable bonds is 4. The molecule has 0 radical (unpaired) electrons. The fourth-order valence-corrected chi connectivity index (χ4v) is 2.55. The number of para-hydroxylation sites is 1. The van der Waals surface area contributed by atoms with Crippen LogP contribution in [0.5, 0.6) is 0 Å². The van der Waals surface area contributed by atoms with Crippen LogP contribution in [0, 0.1) is 0 Å². The Labute approximate surface area is 139 Å². The van der Waals surface area contributed by atoms with E-state index >= 15 is 0 Å². The predicted molar refractivity (Wildman–Crippen MR) is 92.7 cm³/mol. The van der Waals surface area contributed by atoms with Crippen LogP contribution in [-0.2, 0) is 16.1 Å². The number of hydrogen-bond donors (Lipinski definition) is 0. The van der Waals surface area contributed by atoms with E-state index < -0.39 is 5.97 Å². The van der Waals surface area contributed by atoms with Crippen molar-refractivity contribution in [2.24, 2.45) is 0 Å². The second-order valence-corrected chi connectivity index (χ2v) is 5.75. The topological polar surface area (TPSA) is 61.2 Å². The molecule has 5 nitrogen and oxygen atoms in total. The lowest BCUT2D eigenvalue weighted by atomic mass is 10.2. The normalized spacial score (nSPS) is 11.0. The second-order valence-electron chi connectivity index (χ2n) is 5.75. The van der Waals surface area contributed by atoms with Gasteiger partial charge in [-0.05, 0) is 26.0 Å². The van der Waals surface area contributed by atoms with Gasteiger partial charge in [-0.1, -0.05) is 42.5 Å². The SMILES string of the molecule is CC(C)OC(=O)Cn1c(-c2ccccc2)nc2ccccc2c1=O. The van der Waals surface area contributed by atoms with Crippen LogP contribution in [0.25, 0.3) is 22.3 Å². The number of benzene rings is 2. The highest BCUT2D eigenvalue weighted by atomic mass is 16.5. The van der Waals surface area contributed by atoms with Crippen LogP contribution in [0.3, 0.4) is 0 Å². The average Bonchev–Trinajstić information content (AvgIpc) is 2.57. The van der Waals surface area contributed by atoms with Gasteiger partial charge in [0, 0.05) is 5.56 Å². The Kier molecular flexibility index (Phi) is 4.42. The summed E-state index contributed by atoms with van der Waals surface area (Å²) >= 11 is 0. The lowest BCUT2D eigenvalue weighted by molar-refractivity contribution is -0.148. The minimum absolute atomic E-state index is 0.168. The standard InChI is InChI=1S/C19H18N2O3/c1-13(2)24-17(22)12-21-18(14-8-4-3-5-9-14)20-16-11-7-6-10-15(16)19(21)23/h3-11,13H,12H2,1-2H3. The quantitative estimate of drug-likeness (QED) is 0.693. The number of fused-ring (bicyclic) bond motifs is 1. The number of aromatic nitrogens is 2. The highest BCUT2D eigenvalue weighted by Crippen LogP contribution is 2.18. The van der Waals surface area contributed by atoms with Crippen molar-refractivity contribution in [3.8, 4) is 11.4 Å². The molecular formula is C19H18N2O3. The Morgan fingerprint density at radius 1 is 1.08 bits per heavy atom. The van der Waals surface area contributed by atoms with Crippen LogP contribution in [0.2, 0.25) is 0 Å². The zero-order chi connectivity index (χ0) is 17.1. The van der Waals surface area contributed by atoms with Gasteiger partial charge >= 0.3 is 5.97 Å². The average molecular weight is 322 g/mol. The van der Waals surface area contributed by atoms with Gasteiger partial charge in [-0.3, -0.25) is 14.2 Å². The molecule has 2 aromatic carbocycles. The van der Waals surface area contributed by atoms with Gasteiger partial charge in [0.25, 0.3) is 5.56 Å². The fourth-order valence-electron chi connectivity index (χ4n) is 2.55. The van der Waals surface area contributed by atoms with Crippen LogP contribution >= 0.6 is 0 Å². The van der Waals surface area contributed by atoms with Crippen molar-refractivity contribution in [3.05, 3.63) is 65.0 Å². The van der Waals surface area contributed by atoms with Crippen LogP contribution in [0.4, 0.5) is 0 Å². The molecule has 0 saturated heterocycles. The molecule has 0 spiro atoms. The van der Waals surface area contributed by atoms with Gasteiger partial charge < -0.3 is 4.74 Å². The molecule has 0 amide bonds. The molecule has 0 aliphatic heterocycles. The van der Waals surface area contributed by atoms with Crippen LogP contribution in [0.15, 0.2) is 59.4 Å². The molecule has 24 heavy (non-hydrogen) atoms. The molecular weight excluding hydrogens is 304 g/mol. The summed E-state index contributed by atoms with van der Waals surface area (Å²) < 4.78 is 6.56. The molecule has 5 heteroatoms. The largest absolute Gasteiger partial charge is 0.462 e. The summed E-state index contributed by atoms with van der Waals surface area (Å²) in [6.45, 7) is 3.38. The molecule has 1 heterocycles. The summed E-state index contributed by atoms with van der Waals surface area (Å²) in [5.74, 6) is 0.00127. The maximum atomic E-state index is 12.9. The third-order valence-corrected chi connectivity index (χ3v) is 3.55. The Bertz CT molecular complexity index is 930. The summed E-state index contributed by atoms with van der Waals surface area (Å²) in [4.78, 5) is 29.5. The summed E-state index contributed by atoms with van der Waals surface area (Å²) in [5.41, 5.74) is 1.13. The third-order valence-electron chi connectivity index (χ3n) is 3.55. The smallest absolute Gasteiger partial charge is 0.326 e. The van der Waals surface area contributed by atoms with Gasteiger partial charge in [0.1, 0.15) is 12.4 Å². The van der Waals surface area contributed by atoms with Crippen LogP contribution in [-0.4, -0.2) is 21.6 Å². The van der Waals surface area contributed by atoms with Gasteiger partial charge in [-0.25, -0.2) is 4.98 Å². The molecule has 0 fully saturated rings. The molecule has 3 rings (SSSR count).